The van der Waals surface area contributed by atoms with Gasteiger partial charge in [0.05, 0.1) is 28.5 Å². The molecule has 0 aromatic heterocycles. The Labute approximate surface area is 220 Å². The first kappa shape index (κ1) is 24.9. The van der Waals surface area contributed by atoms with Crippen molar-refractivity contribution in [3.05, 3.63) is 92.0 Å². The number of nitrogens with zero attached hydrogens (tertiary/aromatic N) is 1. The number of ether oxygens (including phenoxy) is 1. The van der Waals surface area contributed by atoms with E-state index in [1.54, 1.807) is 36.4 Å². The molecule has 1 aliphatic heterocycles. The number of imide groups is 1. The van der Waals surface area contributed by atoms with Crippen LogP contribution in [0.2, 0.25) is 15.1 Å². The maximum atomic E-state index is 13.0. The fourth-order valence-corrected chi connectivity index (χ4v) is 4.00. The highest BCUT2D eigenvalue weighted by Gasteiger charge is 2.39. The summed E-state index contributed by atoms with van der Waals surface area (Å²) in [6, 6.07) is 15.5. The molecule has 0 fully saturated rings. The molecule has 4 rings (SSSR count). The quantitative estimate of drug-likeness (QED) is 0.349. The zero-order chi connectivity index (χ0) is 25.3. The predicted molar refractivity (Wildman–Crippen MR) is 138 cm³/mol. The third kappa shape index (κ3) is 5.09. The molecular weight excluding hydrogens is 536 g/mol. The average molecular weight is 551 g/mol. The molecule has 3 aromatic rings. The molecule has 0 spiro atoms. The Morgan fingerprint density at radius 2 is 1.66 bits per heavy atom. The Hall–Kier alpha value is -3.23. The smallest absolute Gasteiger partial charge is 0.283 e. The van der Waals surface area contributed by atoms with Crippen molar-refractivity contribution in [3.63, 3.8) is 0 Å². The molecule has 0 saturated carbocycles. The number of nitrogens with one attached hydrogen (secondary N) is 2. The molecule has 7 nitrogen and oxygen atoms in total. The minimum atomic E-state index is -0.723. The van der Waals surface area contributed by atoms with E-state index in [1.807, 2.05) is 0 Å². The van der Waals surface area contributed by atoms with Crippen LogP contribution in [0.4, 0.5) is 17.1 Å². The van der Waals surface area contributed by atoms with Crippen LogP contribution in [0.5, 0.6) is 5.75 Å². The lowest BCUT2D eigenvalue weighted by Crippen LogP contribution is -2.32. The number of carbonyl (C=O) groups is 3. The number of anilines is 3. The topological polar surface area (TPSA) is 87.7 Å². The number of halogens is 4. The molecule has 1 heterocycles. The molecule has 3 amide bonds. The van der Waals surface area contributed by atoms with E-state index in [0.29, 0.717) is 22.1 Å². The molecule has 35 heavy (non-hydrogen) atoms. The monoisotopic (exact) mass is 549 g/mol. The van der Waals surface area contributed by atoms with Crippen LogP contribution in [-0.2, 0) is 9.59 Å². The van der Waals surface area contributed by atoms with Crippen LogP contribution in [0.25, 0.3) is 0 Å². The van der Waals surface area contributed by atoms with Crippen molar-refractivity contribution in [3.8, 4) is 5.75 Å². The Morgan fingerprint density at radius 3 is 2.37 bits per heavy atom. The average Bonchev–Trinajstić information content (AvgIpc) is 3.04. The Kier molecular flexibility index (Phi) is 7.23. The van der Waals surface area contributed by atoms with Crippen LogP contribution < -0.4 is 20.3 Å². The molecule has 0 atom stereocenters. The molecule has 0 aliphatic carbocycles. The first-order valence-corrected chi connectivity index (χ1v) is 11.5. The largest absolute Gasteiger partial charge is 0.495 e. The number of hydrogen-bond acceptors (Lipinski definition) is 5. The number of amides is 3. The standard InChI is InChI=1S/C24H15Cl4N3O4/c1-35-19-8-5-13(25)10-18(19)30-22(32)12-3-2-4-14(9-12)29-21-20(28)23(33)31(24(21)34)15-6-7-16(26)17(27)11-15/h2-11,29H,1H3,(H,30,32). The predicted octanol–water partition coefficient (Wildman–Crippen LogP) is 6.34. The van der Waals surface area contributed by atoms with E-state index in [0.717, 1.165) is 4.90 Å². The highest BCUT2D eigenvalue weighted by atomic mass is 35.5. The van der Waals surface area contributed by atoms with Gasteiger partial charge in [0.1, 0.15) is 16.5 Å². The van der Waals surface area contributed by atoms with Gasteiger partial charge in [-0.1, -0.05) is 52.5 Å². The summed E-state index contributed by atoms with van der Waals surface area (Å²) in [5, 5.41) is 6.15. The zero-order valence-electron chi connectivity index (χ0n) is 17.9. The second-order valence-electron chi connectivity index (χ2n) is 7.24. The van der Waals surface area contributed by atoms with Gasteiger partial charge in [-0.05, 0) is 54.6 Å². The van der Waals surface area contributed by atoms with Gasteiger partial charge in [-0.2, -0.15) is 0 Å². The van der Waals surface area contributed by atoms with Gasteiger partial charge in [0.15, 0.2) is 0 Å². The summed E-state index contributed by atoms with van der Waals surface area (Å²) in [5.74, 6) is -1.41. The van der Waals surface area contributed by atoms with Crippen molar-refractivity contribution in [2.75, 3.05) is 22.6 Å². The van der Waals surface area contributed by atoms with E-state index in [2.05, 4.69) is 10.6 Å². The summed E-state index contributed by atoms with van der Waals surface area (Å²) in [4.78, 5) is 39.4. The van der Waals surface area contributed by atoms with E-state index in [1.165, 1.54) is 31.4 Å². The summed E-state index contributed by atoms with van der Waals surface area (Å²) in [6.07, 6.45) is 0. The maximum Gasteiger partial charge on any atom is 0.283 e. The second kappa shape index (κ2) is 10.2. The Bertz CT molecular complexity index is 1410. The zero-order valence-corrected chi connectivity index (χ0v) is 20.9. The summed E-state index contributed by atoms with van der Waals surface area (Å²) >= 11 is 24.2. The van der Waals surface area contributed by atoms with Gasteiger partial charge < -0.3 is 15.4 Å². The Balaban J connectivity index is 1.56. The van der Waals surface area contributed by atoms with Crippen molar-refractivity contribution in [2.24, 2.45) is 0 Å². The lowest BCUT2D eigenvalue weighted by Gasteiger charge is -2.16. The molecule has 2 N–H and O–H groups in total. The molecular formula is C24H15Cl4N3O4. The van der Waals surface area contributed by atoms with Gasteiger partial charge in [-0.3, -0.25) is 14.4 Å². The second-order valence-corrected chi connectivity index (χ2v) is 8.87. The van der Waals surface area contributed by atoms with Gasteiger partial charge in [0, 0.05) is 16.3 Å². The van der Waals surface area contributed by atoms with Gasteiger partial charge in [0.25, 0.3) is 17.7 Å². The highest BCUT2D eigenvalue weighted by molar-refractivity contribution is 6.53. The van der Waals surface area contributed by atoms with E-state index >= 15 is 0 Å². The van der Waals surface area contributed by atoms with Gasteiger partial charge >= 0.3 is 0 Å². The number of benzene rings is 3. The normalized spacial score (nSPS) is 13.3. The summed E-state index contributed by atoms with van der Waals surface area (Å²) in [5.41, 5.74) is 1.10. The van der Waals surface area contributed by atoms with Crippen molar-refractivity contribution in [1.29, 1.82) is 0 Å². The fraction of sp³-hybridized carbons (Fsp3) is 0.0417. The number of rotatable bonds is 6. The summed E-state index contributed by atoms with van der Waals surface area (Å²) in [6.45, 7) is 0. The minimum absolute atomic E-state index is 0.142. The van der Waals surface area contributed by atoms with Crippen LogP contribution in [0.3, 0.4) is 0 Å². The first-order valence-electron chi connectivity index (χ1n) is 9.95. The lowest BCUT2D eigenvalue weighted by molar-refractivity contribution is -0.120. The minimum Gasteiger partial charge on any atom is -0.495 e. The highest BCUT2D eigenvalue weighted by Crippen LogP contribution is 2.34. The van der Waals surface area contributed by atoms with Gasteiger partial charge in [-0.25, -0.2) is 4.90 Å². The van der Waals surface area contributed by atoms with Crippen LogP contribution >= 0.6 is 46.4 Å². The van der Waals surface area contributed by atoms with E-state index in [-0.39, 0.29) is 32.0 Å². The third-order valence-corrected chi connectivity index (χ3v) is 6.32. The molecule has 1 aliphatic rings. The van der Waals surface area contributed by atoms with E-state index in [9.17, 15) is 14.4 Å². The maximum absolute atomic E-state index is 13.0. The van der Waals surface area contributed by atoms with Crippen molar-refractivity contribution in [2.45, 2.75) is 0 Å². The van der Waals surface area contributed by atoms with Gasteiger partial charge in [-0.15, -0.1) is 0 Å². The van der Waals surface area contributed by atoms with Crippen LogP contribution in [0, 0.1) is 0 Å². The first-order chi connectivity index (χ1) is 16.7. The van der Waals surface area contributed by atoms with Crippen molar-refractivity contribution in [1.82, 2.24) is 0 Å². The van der Waals surface area contributed by atoms with Crippen molar-refractivity contribution >= 4 is 81.2 Å². The molecule has 0 saturated heterocycles. The van der Waals surface area contributed by atoms with Crippen LogP contribution in [-0.4, -0.2) is 24.8 Å². The Morgan fingerprint density at radius 1 is 0.886 bits per heavy atom. The molecule has 3 aromatic carbocycles. The van der Waals surface area contributed by atoms with E-state index < -0.39 is 17.7 Å². The van der Waals surface area contributed by atoms with Crippen molar-refractivity contribution < 1.29 is 19.1 Å². The van der Waals surface area contributed by atoms with Gasteiger partial charge in [0.2, 0.25) is 0 Å². The number of carbonyl (C=O) groups excluding carboxylic acids is 3. The van der Waals surface area contributed by atoms with E-state index in [4.69, 9.17) is 51.1 Å². The number of hydrogen-bond donors (Lipinski definition) is 2. The lowest BCUT2D eigenvalue weighted by atomic mass is 10.1. The molecule has 11 heteroatoms. The van der Waals surface area contributed by atoms with Crippen LogP contribution in [0.15, 0.2) is 71.4 Å². The molecule has 0 unspecified atom stereocenters. The third-order valence-electron chi connectivity index (χ3n) is 4.99. The molecule has 0 bridgehead atoms. The SMILES string of the molecule is COc1ccc(Cl)cc1NC(=O)c1cccc(NC2=C(Cl)C(=O)N(c3ccc(Cl)c(Cl)c3)C2=O)c1. The summed E-state index contributed by atoms with van der Waals surface area (Å²) in [7, 11) is 1.47. The molecule has 178 valence electrons. The fourth-order valence-electron chi connectivity index (χ4n) is 3.32. The number of methoxy groups -OCH3 is 1. The molecule has 0 radical (unpaired) electrons. The summed E-state index contributed by atoms with van der Waals surface area (Å²) < 4.78 is 5.25. The van der Waals surface area contributed by atoms with Crippen LogP contribution in [0.1, 0.15) is 10.4 Å².